The Morgan fingerprint density at radius 3 is 2.86 bits per heavy atom. The number of benzene rings is 1. The van der Waals surface area contributed by atoms with E-state index in [1.807, 2.05) is 38.1 Å². The first-order valence-electron chi connectivity index (χ1n) is 10.2. The lowest BCUT2D eigenvalue weighted by Gasteiger charge is -2.11. The molecule has 1 aromatic carbocycles. The highest BCUT2D eigenvalue weighted by atomic mass is 79.9. The third kappa shape index (κ3) is 4.15. The number of carbonyl (C=O) groups is 1. The Labute approximate surface area is 179 Å². The molecule has 3 aromatic rings. The molecule has 1 aliphatic heterocycles. The van der Waals surface area contributed by atoms with E-state index in [2.05, 4.69) is 46.6 Å². The van der Waals surface area contributed by atoms with Crippen LogP contribution in [0.15, 0.2) is 34.8 Å². The predicted molar refractivity (Wildman–Crippen MR) is 117 cm³/mol. The van der Waals surface area contributed by atoms with E-state index in [-0.39, 0.29) is 5.91 Å². The smallest absolute Gasteiger partial charge is 0.253 e. The third-order valence-electron chi connectivity index (χ3n) is 5.56. The second kappa shape index (κ2) is 8.53. The Bertz CT molecular complexity index is 1040. The number of amides is 1. The highest BCUT2D eigenvalue weighted by molar-refractivity contribution is 9.10. The van der Waals surface area contributed by atoms with Crippen LogP contribution < -0.4 is 5.32 Å². The molecule has 2 aromatic heterocycles. The molecule has 4 rings (SSSR count). The van der Waals surface area contributed by atoms with Crippen LogP contribution in [0.25, 0.3) is 5.69 Å². The summed E-state index contributed by atoms with van der Waals surface area (Å²) in [5.74, 6) is 2.01. The number of nitrogens with zero attached hydrogens (tertiary/aromatic N) is 4. The van der Waals surface area contributed by atoms with Crippen LogP contribution in [-0.4, -0.2) is 31.8 Å². The molecular weight excluding hydrogens is 430 g/mol. The van der Waals surface area contributed by atoms with Crippen molar-refractivity contribution in [3.8, 4) is 5.69 Å². The van der Waals surface area contributed by atoms with Crippen LogP contribution >= 0.6 is 15.9 Å². The van der Waals surface area contributed by atoms with Gasteiger partial charge in [0.25, 0.3) is 5.91 Å². The van der Waals surface area contributed by atoms with Crippen molar-refractivity contribution in [1.82, 2.24) is 24.6 Å². The summed E-state index contributed by atoms with van der Waals surface area (Å²) in [7, 11) is 0. The first-order valence-corrected chi connectivity index (χ1v) is 11.0. The van der Waals surface area contributed by atoms with Gasteiger partial charge in [-0.25, -0.2) is 0 Å². The van der Waals surface area contributed by atoms with Crippen molar-refractivity contribution in [3.63, 3.8) is 0 Å². The molecule has 0 saturated heterocycles. The molecule has 0 radical (unpaired) electrons. The minimum Gasteiger partial charge on any atom is -0.352 e. The molecule has 152 valence electrons. The summed E-state index contributed by atoms with van der Waals surface area (Å²) in [6, 6.07) is 10.0. The summed E-state index contributed by atoms with van der Waals surface area (Å²) >= 11 is 3.52. The minimum atomic E-state index is -0.0463. The Morgan fingerprint density at radius 1 is 1.17 bits per heavy atom. The van der Waals surface area contributed by atoms with Crippen molar-refractivity contribution in [3.05, 3.63) is 63.4 Å². The Morgan fingerprint density at radius 2 is 2.03 bits per heavy atom. The zero-order chi connectivity index (χ0) is 20.4. The van der Waals surface area contributed by atoms with Gasteiger partial charge in [-0.05, 0) is 51.0 Å². The number of halogens is 1. The van der Waals surface area contributed by atoms with E-state index < -0.39 is 0 Å². The number of fused-ring (bicyclic) bond motifs is 1. The molecular formula is C22H26BrN5O. The molecule has 0 unspecified atom stereocenters. The number of aryl methyl sites for hydroxylation is 2. The van der Waals surface area contributed by atoms with Gasteiger partial charge >= 0.3 is 0 Å². The van der Waals surface area contributed by atoms with Gasteiger partial charge in [0.1, 0.15) is 11.6 Å². The number of hydrogen-bond acceptors (Lipinski definition) is 3. The van der Waals surface area contributed by atoms with Crippen molar-refractivity contribution >= 4 is 21.8 Å². The molecule has 0 bridgehead atoms. The number of aromatic nitrogens is 4. The fraction of sp³-hybridized carbons (Fsp3) is 0.409. The first kappa shape index (κ1) is 19.9. The molecule has 3 heterocycles. The van der Waals surface area contributed by atoms with Gasteiger partial charge in [-0.3, -0.25) is 4.79 Å². The van der Waals surface area contributed by atoms with Crippen LogP contribution in [0.3, 0.4) is 0 Å². The van der Waals surface area contributed by atoms with Crippen LogP contribution in [0.2, 0.25) is 0 Å². The van der Waals surface area contributed by atoms with Gasteiger partial charge in [-0.15, -0.1) is 10.2 Å². The number of hydrogen-bond donors (Lipinski definition) is 1. The minimum absolute atomic E-state index is 0.0463. The topological polar surface area (TPSA) is 64.7 Å². The van der Waals surface area contributed by atoms with E-state index in [1.54, 1.807) is 0 Å². The lowest BCUT2D eigenvalue weighted by Crippen LogP contribution is -2.27. The Balaban J connectivity index is 1.45. The number of rotatable bonds is 5. The summed E-state index contributed by atoms with van der Waals surface area (Å²) in [6.07, 6.45) is 5.30. The fourth-order valence-corrected chi connectivity index (χ4v) is 4.51. The summed E-state index contributed by atoms with van der Waals surface area (Å²) in [4.78, 5) is 12.8. The molecule has 0 saturated carbocycles. The second-order valence-corrected chi connectivity index (χ2v) is 8.52. The average Bonchev–Trinajstić information content (AvgIpc) is 3.11. The molecule has 0 aliphatic carbocycles. The molecule has 1 amide bonds. The normalized spacial score (nSPS) is 13.8. The van der Waals surface area contributed by atoms with E-state index in [1.165, 1.54) is 19.3 Å². The van der Waals surface area contributed by atoms with Crippen molar-refractivity contribution in [2.45, 2.75) is 52.5 Å². The zero-order valence-corrected chi connectivity index (χ0v) is 18.5. The second-order valence-electron chi connectivity index (χ2n) is 7.60. The quantitative estimate of drug-likeness (QED) is 0.628. The molecule has 0 atom stereocenters. The molecule has 7 heteroatoms. The van der Waals surface area contributed by atoms with Crippen molar-refractivity contribution in [1.29, 1.82) is 0 Å². The van der Waals surface area contributed by atoms with Crippen LogP contribution in [0.4, 0.5) is 0 Å². The van der Waals surface area contributed by atoms with E-state index in [4.69, 9.17) is 0 Å². The summed E-state index contributed by atoms with van der Waals surface area (Å²) < 4.78 is 5.36. The molecule has 0 fully saturated rings. The van der Waals surface area contributed by atoms with Gasteiger partial charge in [0.15, 0.2) is 0 Å². The number of nitrogens with one attached hydrogen (secondary N) is 1. The van der Waals surface area contributed by atoms with Crippen molar-refractivity contribution < 1.29 is 4.79 Å². The lowest BCUT2D eigenvalue weighted by molar-refractivity contribution is 0.0953. The van der Waals surface area contributed by atoms with E-state index >= 15 is 0 Å². The maximum Gasteiger partial charge on any atom is 0.253 e. The summed E-state index contributed by atoms with van der Waals surface area (Å²) in [5.41, 5.74) is 3.73. The standard InChI is InChI=1S/C22H26BrN5O/c1-15-13-19(16(2)28(15)18-8-6-7-17(23)14-18)22(29)24-11-10-21-26-25-20-9-4-3-5-12-27(20)21/h6-8,13-14H,3-5,9-12H2,1-2H3,(H,24,29). The zero-order valence-electron chi connectivity index (χ0n) is 16.9. The predicted octanol–water partition coefficient (Wildman–Crippen LogP) is 4.15. The number of carbonyl (C=O) groups excluding carboxylic acids is 1. The van der Waals surface area contributed by atoms with Crippen molar-refractivity contribution in [2.24, 2.45) is 0 Å². The highest BCUT2D eigenvalue weighted by Gasteiger charge is 2.18. The van der Waals surface area contributed by atoms with Gasteiger partial charge in [-0.2, -0.15) is 0 Å². The van der Waals surface area contributed by atoms with Crippen molar-refractivity contribution in [2.75, 3.05) is 6.54 Å². The summed E-state index contributed by atoms with van der Waals surface area (Å²) in [6.45, 7) is 5.55. The molecule has 6 nitrogen and oxygen atoms in total. The average molecular weight is 456 g/mol. The van der Waals surface area contributed by atoms with Gasteiger partial charge < -0.3 is 14.5 Å². The Kier molecular flexibility index (Phi) is 5.85. The van der Waals surface area contributed by atoms with Gasteiger partial charge in [0.2, 0.25) is 0 Å². The SMILES string of the molecule is Cc1cc(C(=O)NCCc2nnc3n2CCCCC3)c(C)n1-c1cccc(Br)c1. The third-order valence-corrected chi connectivity index (χ3v) is 6.06. The molecule has 29 heavy (non-hydrogen) atoms. The first-order chi connectivity index (χ1) is 14.0. The monoisotopic (exact) mass is 455 g/mol. The maximum atomic E-state index is 12.8. The van der Waals surface area contributed by atoms with Crippen LogP contribution in [-0.2, 0) is 19.4 Å². The summed E-state index contributed by atoms with van der Waals surface area (Å²) in [5, 5.41) is 11.7. The molecule has 1 N–H and O–H groups in total. The largest absolute Gasteiger partial charge is 0.352 e. The highest BCUT2D eigenvalue weighted by Crippen LogP contribution is 2.23. The van der Waals surface area contributed by atoms with Gasteiger partial charge in [0, 0.05) is 47.5 Å². The lowest BCUT2D eigenvalue weighted by atomic mass is 10.2. The molecule has 1 aliphatic rings. The van der Waals surface area contributed by atoms with Crippen LogP contribution in [0.5, 0.6) is 0 Å². The van der Waals surface area contributed by atoms with Crippen LogP contribution in [0.1, 0.15) is 52.7 Å². The van der Waals surface area contributed by atoms with E-state index in [0.717, 1.165) is 46.2 Å². The van der Waals surface area contributed by atoms with Gasteiger partial charge in [-0.1, -0.05) is 28.4 Å². The Hall–Kier alpha value is -2.41. The van der Waals surface area contributed by atoms with E-state index in [9.17, 15) is 4.79 Å². The molecule has 0 spiro atoms. The maximum absolute atomic E-state index is 12.8. The van der Waals surface area contributed by atoms with E-state index in [0.29, 0.717) is 18.5 Å². The van der Waals surface area contributed by atoms with Crippen LogP contribution in [0, 0.1) is 13.8 Å². The fourth-order valence-electron chi connectivity index (χ4n) is 4.12. The van der Waals surface area contributed by atoms with Gasteiger partial charge in [0.05, 0.1) is 5.56 Å².